The molecule has 1 aromatic rings. The van der Waals surface area contributed by atoms with E-state index < -0.39 is 0 Å². The summed E-state index contributed by atoms with van der Waals surface area (Å²) in [6, 6.07) is 3.48. The average Bonchev–Trinajstić information content (AvgIpc) is 2.20. The summed E-state index contributed by atoms with van der Waals surface area (Å²) in [6.45, 7) is 3.89. The standard InChI is InChI=1S/C11H14O3/c1-7-5-9(11(12)14-4)6-10(13-3)8(7)2/h5-6H,1-4H3. The maximum Gasteiger partial charge on any atom is 0.337 e. The van der Waals surface area contributed by atoms with Crippen LogP contribution in [-0.4, -0.2) is 20.2 Å². The summed E-state index contributed by atoms with van der Waals surface area (Å²) in [4.78, 5) is 11.3. The van der Waals surface area contributed by atoms with Gasteiger partial charge in [-0.05, 0) is 37.1 Å². The minimum atomic E-state index is -0.341. The van der Waals surface area contributed by atoms with Crippen LogP contribution in [0.15, 0.2) is 12.1 Å². The normalized spacial score (nSPS) is 9.71. The van der Waals surface area contributed by atoms with E-state index in [1.165, 1.54) is 7.11 Å². The summed E-state index contributed by atoms with van der Waals surface area (Å²) in [5, 5.41) is 0. The van der Waals surface area contributed by atoms with E-state index >= 15 is 0 Å². The molecule has 76 valence electrons. The Balaban J connectivity index is 3.22. The van der Waals surface area contributed by atoms with Crippen LogP contribution in [0.25, 0.3) is 0 Å². The molecule has 14 heavy (non-hydrogen) atoms. The molecule has 0 aromatic heterocycles. The first-order chi connectivity index (χ1) is 6.60. The maximum atomic E-state index is 11.3. The first kappa shape index (κ1) is 10.6. The molecule has 0 bridgehead atoms. The number of hydrogen-bond acceptors (Lipinski definition) is 3. The molecule has 0 unspecified atom stereocenters. The Bertz CT molecular complexity index is 356. The lowest BCUT2D eigenvalue weighted by Crippen LogP contribution is -2.03. The lowest BCUT2D eigenvalue weighted by molar-refractivity contribution is 0.0600. The third kappa shape index (κ3) is 1.87. The summed E-state index contributed by atoms with van der Waals surface area (Å²) >= 11 is 0. The Labute approximate surface area is 83.6 Å². The third-order valence-electron chi connectivity index (χ3n) is 2.26. The van der Waals surface area contributed by atoms with Crippen LogP contribution in [0.2, 0.25) is 0 Å². The molecule has 1 aromatic carbocycles. The Morgan fingerprint density at radius 3 is 2.36 bits per heavy atom. The van der Waals surface area contributed by atoms with Gasteiger partial charge in [0, 0.05) is 0 Å². The molecule has 0 N–H and O–H groups in total. The van der Waals surface area contributed by atoms with Gasteiger partial charge in [-0.15, -0.1) is 0 Å². The lowest BCUT2D eigenvalue weighted by atomic mass is 10.1. The average molecular weight is 194 g/mol. The molecule has 1 rings (SSSR count). The van der Waals surface area contributed by atoms with E-state index in [4.69, 9.17) is 4.74 Å². The summed E-state index contributed by atoms with van der Waals surface area (Å²) in [5.74, 6) is 0.372. The van der Waals surface area contributed by atoms with Crippen LogP contribution < -0.4 is 4.74 Å². The molecule has 0 radical (unpaired) electrons. The fourth-order valence-corrected chi connectivity index (χ4v) is 1.27. The third-order valence-corrected chi connectivity index (χ3v) is 2.26. The number of aryl methyl sites for hydroxylation is 1. The Morgan fingerprint density at radius 1 is 1.21 bits per heavy atom. The van der Waals surface area contributed by atoms with Crippen LogP contribution in [0, 0.1) is 13.8 Å². The van der Waals surface area contributed by atoms with Crippen molar-refractivity contribution >= 4 is 5.97 Å². The van der Waals surface area contributed by atoms with Crippen molar-refractivity contribution in [3.8, 4) is 5.75 Å². The molecule has 0 aliphatic heterocycles. The molecule has 0 aliphatic carbocycles. The van der Waals surface area contributed by atoms with Crippen LogP contribution in [0.4, 0.5) is 0 Å². The Kier molecular flexibility index (Phi) is 3.12. The van der Waals surface area contributed by atoms with Gasteiger partial charge in [-0.25, -0.2) is 4.79 Å². The van der Waals surface area contributed by atoms with Crippen LogP contribution >= 0.6 is 0 Å². The van der Waals surface area contributed by atoms with E-state index in [0.717, 1.165) is 11.1 Å². The summed E-state index contributed by atoms with van der Waals surface area (Å²) in [6.07, 6.45) is 0. The van der Waals surface area contributed by atoms with Gasteiger partial charge in [0.15, 0.2) is 0 Å². The zero-order valence-electron chi connectivity index (χ0n) is 8.88. The second-order valence-corrected chi connectivity index (χ2v) is 3.11. The molecule has 3 heteroatoms. The summed E-state index contributed by atoms with van der Waals surface area (Å²) < 4.78 is 9.79. The van der Waals surface area contributed by atoms with Gasteiger partial charge in [0.1, 0.15) is 5.75 Å². The van der Waals surface area contributed by atoms with Gasteiger partial charge in [-0.2, -0.15) is 0 Å². The molecular formula is C11H14O3. The summed E-state index contributed by atoms with van der Waals surface area (Å²) in [7, 11) is 2.95. The van der Waals surface area contributed by atoms with Gasteiger partial charge >= 0.3 is 5.97 Å². The zero-order valence-corrected chi connectivity index (χ0v) is 8.88. The van der Waals surface area contributed by atoms with Gasteiger partial charge in [0.2, 0.25) is 0 Å². The monoisotopic (exact) mass is 194 g/mol. The van der Waals surface area contributed by atoms with Crippen LogP contribution in [-0.2, 0) is 4.74 Å². The van der Waals surface area contributed by atoms with E-state index in [2.05, 4.69) is 4.74 Å². The molecule has 0 fully saturated rings. The number of hydrogen-bond donors (Lipinski definition) is 0. The minimum absolute atomic E-state index is 0.341. The van der Waals surface area contributed by atoms with Crippen molar-refractivity contribution in [1.82, 2.24) is 0 Å². The smallest absolute Gasteiger partial charge is 0.337 e. The molecule has 0 atom stereocenters. The maximum absolute atomic E-state index is 11.3. The summed E-state index contributed by atoms with van der Waals surface area (Å²) in [5.41, 5.74) is 2.58. The Morgan fingerprint density at radius 2 is 1.86 bits per heavy atom. The molecule has 0 saturated carbocycles. The van der Waals surface area contributed by atoms with Gasteiger partial charge in [-0.3, -0.25) is 0 Å². The predicted octanol–water partition coefficient (Wildman–Crippen LogP) is 2.10. The number of carbonyl (C=O) groups excluding carboxylic acids is 1. The SMILES string of the molecule is COC(=O)c1cc(C)c(C)c(OC)c1. The van der Waals surface area contributed by atoms with Gasteiger partial charge < -0.3 is 9.47 Å². The van der Waals surface area contributed by atoms with Crippen molar-refractivity contribution in [2.24, 2.45) is 0 Å². The number of methoxy groups -OCH3 is 2. The molecular weight excluding hydrogens is 180 g/mol. The molecule has 3 nitrogen and oxygen atoms in total. The van der Waals surface area contributed by atoms with Crippen molar-refractivity contribution in [1.29, 1.82) is 0 Å². The van der Waals surface area contributed by atoms with Crippen molar-refractivity contribution < 1.29 is 14.3 Å². The second-order valence-electron chi connectivity index (χ2n) is 3.11. The molecule has 0 heterocycles. The fourth-order valence-electron chi connectivity index (χ4n) is 1.27. The van der Waals surface area contributed by atoms with Crippen LogP contribution in [0.3, 0.4) is 0 Å². The first-order valence-corrected chi connectivity index (χ1v) is 4.33. The highest BCUT2D eigenvalue weighted by Gasteiger charge is 2.10. The molecule has 0 saturated heterocycles. The second kappa shape index (κ2) is 4.13. The van der Waals surface area contributed by atoms with Gasteiger partial charge in [0.05, 0.1) is 19.8 Å². The van der Waals surface area contributed by atoms with Crippen LogP contribution in [0.5, 0.6) is 5.75 Å². The van der Waals surface area contributed by atoms with Crippen molar-refractivity contribution in [2.75, 3.05) is 14.2 Å². The van der Waals surface area contributed by atoms with E-state index in [0.29, 0.717) is 11.3 Å². The predicted molar refractivity (Wildman–Crippen MR) is 53.8 cm³/mol. The van der Waals surface area contributed by atoms with Crippen LogP contribution in [0.1, 0.15) is 21.5 Å². The van der Waals surface area contributed by atoms with E-state index in [1.54, 1.807) is 19.2 Å². The fraction of sp³-hybridized carbons (Fsp3) is 0.364. The van der Waals surface area contributed by atoms with Crippen molar-refractivity contribution in [3.05, 3.63) is 28.8 Å². The number of esters is 1. The quantitative estimate of drug-likeness (QED) is 0.676. The first-order valence-electron chi connectivity index (χ1n) is 4.33. The highest BCUT2D eigenvalue weighted by atomic mass is 16.5. The van der Waals surface area contributed by atoms with E-state index in [1.807, 2.05) is 13.8 Å². The molecule has 0 amide bonds. The largest absolute Gasteiger partial charge is 0.496 e. The topological polar surface area (TPSA) is 35.5 Å². The highest BCUT2D eigenvalue weighted by Crippen LogP contribution is 2.23. The number of benzene rings is 1. The molecule has 0 spiro atoms. The minimum Gasteiger partial charge on any atom is -0.496 e. The van der Waals surface area contributed by atoms with Gasteiger partial charge in [-0.1, -0.05) is 0 Å². The number of ether oxygens (including phenoxy) is 2. The van der Waals surface area contributed by atoms with Crippen molar-refractivity contribution in [3.63, 3.8) is 0 Å². The zero-order chi connectivity index (χ0) is 10.7. The van der Waals surface area contributed by atoms with E-state index in [-0.39, 0.29) is 5.97 Å². The highest BCUT2D eigenvalue weighted by molar-refractivity contribution is 5.90. The van der Waals surface area contributed by atoms with E-state index in [9.17, 15) is 4.79 Å². The van der Waals surface area contributed by atoms with Crippen molar-refractivity contribution in [2.45, 2.75) is 13.8 Å². The molecule has 0 aliphatic rings. The number of carbonyl (C=O) groups is 1. The Hall–Kier alpha value is -1.51. The lowest BCUT2D eigenvalue weighted by Gasteiger charge is -2.09. The van der Waals surface area contributed by atoms with Gasteiger partial charge in [0.25, 0.3) is 0 Å². The number of rotatable bonds is 2.